The van der Waals surface area contributed by atoms with Crippen LogP contribution in [-0.2, 0) is 0 Å². The molecule has 0 atom stereocenters. The van der Waals surface area contributed by atoms with E-state index in [-0.39, 0.29) is 0 Å². The van der Waals surface area contributed by atoms with Crippen molar-refractivity contribution in [2.75, 3.05) is 0 Å². The SMILES string of the molecule is c1ccc(-c2cccnn2)cc1.c1ccc(-c2cccnn2)cc1.c1ccc(-c2cncc3ccccc23)cc1.c1ccc(-c2cnccn2)cc1.c1ccc(-c2ncccn2)cc1.c1ccc(-c2ncnc(-c3ccccc3)n2)cc1.c1ccc(-c2nncnn2)cc1.c1ccc2c(c1)cnc1ccccc12.c1ccc2cnncc2c1.c1ccc2ncccc2c1. The largest absolute Gasteiger partial charge is 0.263 e. The number of nitrogens with zero attached hydrogens (tertiary/aromatic N) is 20. The average Bonchev–Trinajstić information content (AvgIpc) is 0.800. The highest BCUT2D eigenvalue weighted by Gasteiger charge is 2.08. The van der Waals surface area contributed by atoms with Gasteiger partial charge in [-0.3, -0.25) is 24.9 Å². The van der Waals surface area contributed by atoms with Crippen LogP contribution in [0.1, 0.15) is 0 Å². The highest BCUT2D eigenvalue weighted by molar-refractivity contribution is 6.05. The van der Waals surface area contributed by atoms with E-state index in [4.69, 9.17) is 0 Å². The van der Waals surface area contributed by atoms with Gasteiger partial charge >= 0.3 is 0 Å². The molecule has 0 aliphatic carbocycles. The molecule has 20 heteroatoms. The molecule has 0 aliphatic heterocycles. The molecule has 0 bridgehead atoms. The van der Waals surface area contributed by atoms with Crippen molar-refractivity contribution in [1.29, 1.82) is 0 Å². The Balaban J connectivity index is 0.000000116. The van der Waals surface area contributed by atoms with Crippen LogP contribution >= 0.6 is 0 Å². The predicted octanol–water partition coefficient (Wildman–Crippen LogP) is 23.9. The summed E-state index contributed by atoms with van der Waals surface area (Å²) in [6, 6.07) is 134. The van der Waals surface area contributed by atoms with Gasteiger partial charge in [0.05, 0.1) is 46.7 Å². The van der Waals surface area contributed by atoms with Gasteiger partial charge in [0.1, 0.15) is 6.33 Å². The molecule has 0 spiro atoms. The predicted molar refractivity (Wildman–Crippen MR) is 511 cm³/mol. The number of fused-ring (bicyclic) bond motifs is 6. The zero-order valence-corrected chi connectivity index (χ0v) is 69.3. The molecule has 10 aromatic heterocycles. The number of pyridine rings is 3. The van der Waals surface area contributed by atoms with Crippen molar-refractivity contribution in [1.82, 2.24) is 101 Å². The minimum atomic E-state index is 0.554. The summed E-state index contributed by atoms with van der Waals surface area (Å²) in [7, 11) is 0. The second-order valence-electron chi connectivity index (χ2n) is 27.4. The van der Waals surface area contributed by atoms with E-state index < -0.39 is 0 Å². The standard InChI is InChI=1S/C15H11N3.C15H11N.C13H9N.4C10H8N2.C9H7N.C8H6N4.C8H6N2/c1-3-7-12(8-4-1)14-16-11-17-15(18-14)13-9-5-2-6-10-13;1-2-6-12(7-3-1)15-11-16-10-13-8-4-5-9-14(13)15;1-2-6-11-10(5-1)9-14-13-8-4-3-7-12(11)13;1-2-5-9(6-3-1)10-11-7-4-8-12-10;2*1-2-5-9(6-3-1)10-7-4-8-11-12-10;1-2-4-9(5-3-1)10-8-11-6-7-12-10;1-2-6-9-8(4-1)5-3-7-10-9;1-2-4-7(5-3-1)8-11-9-6-10-12-8;1-2-4-8-6-10-9-5-7(8)3-1/h1-11H;1-11H;1-9H;4*1-8H;1-7H;1-6H;1-6H. The Hall–Kier alpha value is -18.0. The third kappa shape index (κ3) is 26.5. The van der Waals surface area contributed by atoms with Crippen LogP contribution in [0.5, 0.6) is 0 Å². The molecule has 0 unspecified atom stereocenters. The smallest absolute Gasteiger partial charge is 0.203 e. The van der Waals surface area contributed by atoms with Crippen molar-refractivity contribution in [3.8, 4) is 90.5 Å². The van der Waals surface area contributed by atoms with Gasteiger partial charge in [-0.1, -0.05) is 358 Å². The summed E-state index contributed by atoms with van der Waals surface area (Å²) in [4.78, 5) is 42.3. The van der Waals surface area contributed by atoms with Crippen molar-refractivity contribution < 1.29 is 0 Å². The first-order valence-corrected chi connectivity index (χ1v) is 40.8. The quantitative estimate of drug-likeness (QED) is 0.128. The fourth-order valence-corrected chi connectivity index (χ4v) is 12.6. The summed E-state index contributed by atoms with van der Waals surface area (Å²) in [5.41, 5.74) is 14.6. The van der Waals surface area contributed by atoms with Crippen molar-refractivity contribution in [2.24, 2.45) is 0 Å². The third-order valence-electron chi connectivity index (χ3n) is 18.8. The molecule has 614 valence electrons. The van der Waals surface area contributed by atoms with Crippen molar-refractivity contribution >= 4 is 54.1 Å². The molecule has 23 rings (SSSR count). The molecule has 10 heterocycles. The first-order chi connectivity index (χ1) is 63.6. The van der Waals surface area contributed by atoms with Gasteiger partial charge in [0.15, 0.2) is 23.8 Å². The lowest BCUT2D eigenvalue weighted by molar-refractivity contribution is 0.864. The Kier molecular flexibility index (Phi) is 32.7. The van der Waals surface area contributed by atoms with Crippen LogP contribution in [0.25, 0.3) is 145 Å². The fourth-order valence-electron chi connectivity index (χ4n) is 12.6. The minimum absolute atomic E-state index is 0.554. The molecule has 0 radical (unpaired) electrons. The second-order valence-corrected chi connectivity index (χ2v) is 27.4. The number of para-hydroxylation sites is 2. The number of benzene rings is 13. The van der Waals surface area contributed by atoms with Gasteiger partial charge in [-0.05, 0) is 64.9 Å². The number of rotatable bonds is 8. The van der Waals surface area contributed by atoms with Gasteiger partial charge in [-0.15, -0.1) is 20.4 Å². The zero-order chi connectivity index (χ0) is 87.1. The Bertz CT molecular complexity index is 6150. The second kappa shape index (κ2) is 48.4. The molecule has 20 nitrogen and oxygen atoms in total. The van der Waals surface area contributed by atoms with Gasteiger partial charge in [-0.25, -0.2) is 24.9 Å². The average molecular weight is 1660 g/mol. The number of hydrogen-bond donors (Lipinski definition) is 0. The number of hydrogen-bond acceptors (Lipinski definition) is 20. The monoisotopic (exact) mass is 1660 g/mol. The molecule has 0 N–H and O–H groups in total. The summed E-state index contributed by atoms with van der Waals surface area (Å²) in [6.45, 7) is 0. The molecular weight excluding hydrogens is 1580 g/mol. The van der Waals surface area contributed by atoms with Crippen LogP contribution in [0.2, 0.25) is 0 Å². The molecule has 13 aromatic carbocycles. The van der Waals surface area contributed by atoms with E-state index in [2.05, 4.69) is 186 Å². The summed E-state index contributed by atoms with van der Waals surface area (Å²) in [6.07, 6.45) is 25.9. The Morgan fingerprint density at radius 1 is 0.156 bits per heavy atom. The summed E-state index contributed by atoms with van der Waals surface area (Å²) in [5, 5.41) is 47.7. The van der Waals surface area contributed by atoms with Gasteiger partial charge in [0.2, 0.25) is 5.82 Å². The highest BCUT2D eigenvalue weighted by atomic mass is 15.3. The molecule has 0 aliphatic rings. The van der Waals surface area contributed by atoms with Gasteiger partial charge in [-0.2, -0.15) is 30.6 Å². The molecule has 23 aromatic rings. The summed E-state index contributed by atoms with van der Waals surface area (Å²) in [5.74, 6) is 2.73. The van der Waals surface area contributed by atoms with Crippen molar-refractivity contribution in [2.45, 2.75) is 0 Å². The third-order valence-corrected chi connectivity index (χ3v) is 18.8. The van der Waals surface area contributed by atoms with E-state index in [1.807, 2.05) is 346 Å². The highest BCUT2D eigenvalue weighted by Crippen LogP contribution is 2.28. The van der Waals surface area contributed by atoms with E-state index in [0.29, 0.717) is 17.5 Å². The Morgan fingerprint density at radius 3 is 1.03 bits per heavy atom. The fraction of sp³-hybridized carbons (Fsp3) is 0. The van der Waals surface area contributed by atoms with Crippen LogP contribution < -0.4 is 0 Å². The van der Waals surface area contributed by atoms with Crippen LogP contribution in [0, 0.1) is 0 Å². The lowest BCUT2D eigenvalue weighted by atomic mass is 10.0. The van der Waals surface area contributed by atoms with Crippen molar-refractivity contribution in [3.05, 3.63) is 500 Å². The Morgan fingerprint density at radius 2 is 0.547 bits per heavy atom. The summed E-state index contributed by atoms with van der Waals surface area (Å²) >= 11 is 0. The molecule has 0 saturated heterocycles. The van der Waals surface area contributed by atoms with Crippen molar-refractivity contribution in [3.63, 3.8) is 0 Å². The molecule has 128 heavy (non-hydrogen) atoms. The van der Waals surface area contributed by atoms with Gasteiger partial charge in [0.25, 0.3) is 0 Å². The maximum atomic E-state index is 4.49. The van der Waals surface area contributed by atoms with Crippen LogP contribution in [0.15, 0.2) is 500 Å². The normalized spacial score (nSPS) is 10.0. The lowest BCUT2D eigenvalue weighted by Crippen LogP contribution is -1.94. The first-order valence-electron chi connectivity index (χ1n) is 40.8. The zero-order valence-electron chi connectivity index (χ0n) is 69.3. The number of aromatic nitrogens is 20. The van der Waals surface area contributed by atoms with E-state index in [0.717, 1.165) is 83.7 Å². The minimum Gasteiger partial charge on any atom is -0.263 e. The van der Waals surface area contributed by atoms with Crippen LogP contribution in [0.4, 0.5) is 0 Å². The van der Waals surface area contributed by atoms with Crippen LogP contribution in [-0.4, -0.2) is 101 Å². The topological polar surface area (TPSA) is 258 Å². The maximum absolute atomic E-state index is 4.49. The van der Waals surface area contributed by atoms with E-state index >= 15 is 0 Å². The molecule has 0 saturated carbocycles. The molecule has 0 amide bonds. The molecule has 0 fully saturated rings. The first kappa shape index (κ1) is 86.3. The van der Waals surface area contributed by atoms with Crippen LogP contribution in [0.3, 0.4) is 0 Å². The Labute approximate surface area is 740 Å². The van der Waals surface area contributed by atoms with Gasteiger partial charge in [0, 0.05) is 139 Å². The molecular formula is C108H82N20. The van der Waals surface area contributed by atoms with E-state index in [1.165, 1.54) is 49.8 Å². The van der Waals surface area contributed by atoms with Gasteiger partial charge < -0.3 is 0 Å². The lowest BCUT2D eigenvalue weighted by Gasteiger charge is -2.05. The maximum Gasteiger partial charge on any atom is 0.203 e. The summed E-state index contributed by atoms with van der Waals surface area (Å²) < 4.78 is 0. The van der Waals surface area contributed by atoms with E-state index in [1.54, 1.807) is 62.1 Å². The van der Waals surface area contributed by atoms with E-state index in [9.17, 15) is 0 Å².